The molecular weight excluding hydrogens is 370 g/mol. The van der Waals surface area contributed by atoms with E-state index in [1.165, 1.54) is 5.56 Å². The first-order valence-electron chi connectivity index (χ1n) is 9.46. The van der Waals surface area contributed by atoms with Crippen LogP contribution in [0, 0.1) is 13.8 Å². The molecule has 1 aliphatic rings. The number of carbonyl (C=O) groups excluding carboxylic acids is 1. The van der Waals surface area contributed by atoms with Gasteiger partial charge in [0.1, 0.15) is 11.6 Å². The molecule has 0 aliphatic carbocycles. The first-order chi connectivity index (χ1) is 13.6. The monoisotopic (exact) mass is 393 g/mol. The van der Waals surface area contributed by atoms with Crippen molar-refractivity contribution in [2.45, 2.75) is 39.7 Å². The third kappa shape index (κ3) is 4.20. The molecule has 0 radical (unpaired) electrons. The van der Waals surface area contributed by atoms with Gasteiger partial charge in [0, 0.05) is 36.0 Å². The number of aromatic nitrogens is 3. The van der Waals surface area contributed by atoms with Crippen molar-refractivity contribution in [2.75, 3.05) is 11.9 Å². The van der Waals surface area contributed by atoms with Crippen LogP contribution in [0.5, 0.6) is 0 Å². The molecule has 3 heterocycles. The van der Waals surface area contributed by atoms with E-state index in [-0.39, 0.29) is 5.91 Å². The maximum absolute atomic E-state index is 12.8. The number of thiazole rings is 1. The summed E-state index contributed by atoms with van der Waals surface area (Å²) in [6.45, 7) is 5.16. The lowest BCUT2D eigenvalue weighted by Gasteiger charge is -2.29. The largest absolute Gasteiger partial charge is 0.338 e. The van der Waals surface area contributed by atoms with Crippen LogP contribution in [0.4, 0.5) is 10.9 Å². The van der Waals surface area contributed by atoms with Crippen LogP contribution in [-0.2, 0) is 24.2 Å². The average molecular weight is 394 g/mol. The van der Waals surface area contributed by atoms with Gasteiger partial charge in [-0.25, -0.2) is 15.0 Å². The number of rotatable bonds is 5. The average Bonchev–Trinajstić information content (AvgIpc) is 3.11. The summed E-state index contributed by atoms with van der Waals surface area (Å²) in [4.78, 5) is 29.4. The Bertz CT molecular complexity index is 986. The van der Waals surface area contributed by atoms with Crippen LogP contribution < -0.4 is 5.32 Å². The highest BCUT2D eigenvalue weighted by atomic mass is 32.1. The second-order valence-corrected chi connectivity index (χ2v) is 8.23. The number of hydrogen-bond donors (Lipinski definition) is 1. The van der Waals surface area contributed by atoms with Gasteiger partial charge in [0.05, 0.1) is 12.2 Å². The van der Waals surface area contributed by atoms with E-state index in [0.29, 0.717) is 19.5 Å². The molecule has 0 saturated heterocycles. The Hall–Kier alpha value is -2.80. The predicted octanol–water partition coefficient (Wildman–Crippen LogP) is 3.81. The maximum atomic E-state index is 12.8. The number of carbonyl (C=O) groups is 1. The second kappa shape index (κ2) is 8.06. The SMILES string of the molecule is Cc1nc2c(c(Nc3ncc(C)s3)n1)CN(C(=O)CCc1ccccc1)CC2. The highest BCUT2D eigenvalue weighted by Crippen LogP contribution is 2.28. The van der Waals surface area contributed by atoms with E-state index >= 15 is 0 Å². The number of hydrogen-bond acceptors (Lipinski definition) is 6. The zero-order chi connectivity index (χ0) is 19.5. The molecule has 0 fully saturated rings. The van der Waals surface area contributed by atoms with Crippen molar-refractivity contribution in [1.82, 2.24) is 19.9 Å². The number of amides is 1. The maximum Gasteiger partial charge on any atom is 0.223 e. The van der Waals surface area contributed by atoms with Crippen molar-refractivity contribution in [3.63, 3.8) is 0 Å². The van der Waals surface area contributed by atoms with Crippen molar-refractivity contribution in [3.8, 4) is 0 Å². The van der Waals surface area contributed by atoms with Crippen LogP contribution in [-0.4, -0.2) is 32.3 Å². The summed E-state index contributed by atoms with van der Waals surface area (Å²) in [5.41, 5.74) is 3.21. The Morgan fingerprint density at radius 2 is 2.04 bits per heavy atom. The fourth-order valence-corrected chi connectivity index (χ4v) is 4.09. The van der Waals surface area contributed by atoms with E-state index in [0.717, 1.165) is 45.7 Å². The van der Waals surface area contributed by atoms with E-state index < -0.39 is 0 Å². The lowest BCUT2D eigenvalue weighted by Crippen LogP contribution is -2.37. The topological polar surface area (TPSA) is 71.0 Å². The molecule has 144 valence electrons. The fourth-order valence-electron chi connectivity index (χ4n) is 3.42. The number of nitrogens with zero attached hydrogens (tertiary/aromatic N) is 4. The Morgan fingerprint density at radius 1 is 1.21 bits per heavy atom. The summed E-state index contributed by atoms with van der Waals surface area (Å²) in [6, 6.07) is 10.1. The molecule has 0 spiro atoms. The van der Waals surface area contributed by atoms with E-state index in [9.17, 15) is 4.79 Å². The molecule has 1 amide bonds. The van der Waals surface area contributed by atoms with E-state index in [1.807, 2.05) is 43.1 Å². The minimum atomic E-state index is 0.172. The summed E-state index contributed by atoms with van der Waals surface area (Å²) < 4.78 is 0. The lowest BCUT2D eigenvalue weighted by molar-refractivity contribution is -0.132. The van der Waals surface area contributed by atoms with Gasteiger partial charge in [0.15, 0.2) is 5.13 Å². The zero-order valence-electron chi connectivity index (χ0n) is 16.1. The van der Waals surface area contributed by atoms with Crippen molar-refractivity contribution < 1.29 is 4.79 Å². The second-order valence-electron chi connectivity index (χ2n) is 7.00. The lowest BCUT2D eigenvalue weighted by atomic mass is 10.0. The molecule has 6 nitrogen and oxygen atoms in total. The van der Waals surface area contributed by atoms with Crippen LogP contribution in [0.3, 0.4) is 0 Å². The molecule has 1 aromatic carbocycles. The Morgan fingerprint density at radius 3 is 2.79 bits per heavy atom. The third-order valence-electron chi connectivity index (χ3n) is 4.84. The van der Waals surface area contributed by atoms with Gasteiger partial charge >= 0.3 is 0 Å². The molecule has 7 heteroatoms. The fraction of sp³-hybridized carbons (Fsp3) is 0.333. The number of benzene rings is 1. The standard InChI is InChI=1S/C21H23N5OS/c1-14-12-22-21(28-14)25-20-17-13-26(11-10-18(17)23-15(2)24-20)19(27)9-8-16-6-4-3-5-7-16/h3-7,12H,8-11,13H2,1-2H3,(H,22,23,24,25). The van der Waals surface area contributed by atoms with Crippen LogP contribution >= 0.6 is 11.3 Å². The van der Waals surface area contributed by atoms with Gasteiger partial charge in [-0.2, -0.15) is 0 Å². The predicted molar refractivity (Wildman–Crippen MR) is 111 cm³/mol. The van der Waals surface area contributed by atoms with Gasteiger partial charge < -0.3 is 10.2 Å². The Kier molecular flexibility index (Phi) is 5.34. The summed E-state index contributed by atoms with van der Waals surface area (Å²) >= 11 is 1.59. The quantitative estimate of drug-likeness (QED) is 0.714. The highest BCUT2D eigenvalue weighted by Gasteiger charge is 2.25. The van der Waals surface area contributed by atoms with Gasteiger partial charge in [-0.1, -0.05) is 30.3 Å². The van der Waals surface area contributed by atoms with Crippen molar-refractivity contribution in [2.24, 2.45) is 0 Å². The van der Waals surface area contributed by atoms with Gasteiger partial charge in [-0.15, -0.1) is 11.3 Å². The van der Waals surface area contributed by atoms with E-state index in [4.69, 9.17) is 0 Å². The molecule has 0 saturated carbocycles. The van der Waals surface area contributed by atoms with Gasteiger partial charge in [-0.3, -0.25) is 4.79 Å². The van der Waals surface area contributed by atoms with E-state index in [2.05, 4.69) is 32.4 Å². The van der Waals surface area contributed by atoms with Crippen molar-refractivity contribution in [1.29, 1.82) is 0 Å². The van der Waals surface area contributed by atoms with Crippen LogP contribution in [0.25, 0.3) is 0 Å². The Balaban J connectivity index is 1.49. The molecule has 28 heavy (non-hydrogen) atoms. The normalized spacial score (nSPS) is 13.3. The number of aryl methyl sites for hydroxylation is 3. The molecule has 0 bridgehead atoms. The summed E-state index contributed by atoms with van der Waals surface area (Å²) in [5, 5.41) is 4.14. The smallest absolute Gasteiger partial charge is 0.223 e. The first-order valence-corrected chi connectivity index (χ1v) is 10.3. The molecule has 1 N–H and O–H groups in total. The zero-order valence-corrected chi connectivity index (χ0v) is 16.9. The molecule has 0 unspecified atom stereocenters. The van der Waals surface area contributed by atoms with Gasteiger partial charge in [0.2, 0.25) is 5.91 Å². The minimum absolute atomic E-state index is 0.172. The molecule has 2 aromatic heterocycles. The van der Waals surface area contributed by atoms with Gasteiger partial charge in [0.25, 0.3) is 0 Å². The number of nitrogens with one attached hydrogen (secondary N) is 1. The summed E-state index contributed by atoms with van der Waals surface area (Å²) in [5.74, 6) is 1.67. The van der Waals surface area contributed by atoms with Crippen LogP contribution in [0.15, 0.2) is 36.5 Å². The molecule has 4 rings (SSSR count). The Labute approximate surface area is 168 Å². The summed E-state index contributed by atoms with van der Waals surface area (Å²) in [7, 11) is 0. The molecule has 1 aliphatic heterocycles. The van der Waals surface area contributed by atoms with Crippen molar-refractivity contribution in [3.05, 3.63) is 64.1 Å². The van der Waals surface area contributed by atoms with Crippen LogP contribution in [0.2, 0.25) is 0 Å². The van der Waals surface area contributed by atoms with Crippen LogP contribution in [0.1, 0.15) is 33.9 Å². The highest BCUT2D eigenvalue weighted by molar-refractivity contribution is 7.15. The van der Waals surface area contributed by atoms with Crippen molar-refractivity contribution >= 4 is 28.2 Å². The molecule has 3 aromatic rings. The van der Waals surface area contributed by atoms with E-state index in [1.54, 1.807) is 11.3 Å². The molecular formula is C21H23N5OS. The van der Waals surface area contributed by atoms with Gasteiger partial charge in [-0.05, 0) is 25.8 Å². The molecule has 0 atom stereocenters. The first kappa shape index (κ1) is 18.6. The number of anilines is 2. The summed E-state index contributed by atoms with van der Waals surface area (Å²) in [6.07, 6.45) is 3.87. The third-order valence-corrected chi connectivity index (χ3v) is 5.67. The minimum Gasteiger partial charge on any atom is -0.338 e. The number of fused-ring (bicyclic) bond motifs is 1.